The summed E-state index contributed by atoms with van der Waals surface area (Å²) in [6.07, 6.45) is 3.76. The van der Waals surface area contributed by atoms with E-state index in [1.807, 2.05) is 12.1 Å². The minimum atomic E-state index is -0.958. The SMILES string of the molecule is O=C(O)c1cnc2nc(C3CC3)ccc2c1. The molecule has 80 valence electrons. The molecule has 1 N–H and O–H groups in total. The molecule has 0 amide bonds. The van der Waals surface area contributed by atoms with Crippen molar-refractivity contribution in [1.82, 2.24) is 9.97 Å². The largest absolute Gasteiger partial charge is 0.478 e. The number of rotatable bonds is 2. The lowest BCUT2D eigenvalue weighted by atomic mass is 10.2. The van der Waals surface area contributed by atoms with Crippen molar-refractivity contribution in [1.29, 1.82) is 0 Å². The van der Waals surface area contributed by atoms with Crippen molar-refractivity contribution in [2.75, 3.05) is 0 Å². The van der Waals surface area contributed by atoms with E-state index in [0.717, 1.165) is 11.1 Å². The van der Waals surface area contributed by atoms with Crippen LogP contribution in [0, 0.1) is 0 Å². The fourth-order valence-corrected chi connectivity index (χ4v) is 1.75. The second kappa shape index (κ2) is 3.27. The molecule has 16 heavy (non-hydrogen) atoms. The third-order valence-electron chi connectivity index (χ3n) is 2.81. The lowest BCUT2D eigenvalue weighted by Crippen LogP contribution is -1.98. The van der Waals surface area contributed by atoms with E-state index in [1.54, 1.807) is 6.07 Å². The molecular weight excluding hydrogens is 204 g/mol. The van der Waals surface area contributed by atoms with Gasteiger partial charge in [-0.1, -0.05) is 0 Å². The van der Waals surface area contributed by atoms with Gasteiger partial charge in [-0.2, -0.15) is 0 Å². The molecule has 0 saturated heterocycles. The highest BCUT2D eigenvalue weighted by atomic mass is 16.4. The summed E-state index contributed by atoms with van der Waals surface area (Å²) in [5, 5.41) is 9.62. The van der Waals surface area contributed by atoms with E-state index < -0.39 is 5.97 Å². The maximum Gasteiger partial charge on any atom is 0.337 e. The van der Waals surface area contributed by atoms with Crippen molar-refractivity contribution in [3.05, 3.63) is 35.7 Å². The monoisotopic (exact) mass is 214 g/mol. The molecule has 3 rings (SSSR count). The van der Waals surface area contributed by atoms with Crippen LogP contribution in [0.5, 0.6) is 0 Å². The van der Waals surface area contributed by atoms with Gasteiger partial charge in [0.1, 0.15) is 0 Å². The molecule has 2 aromatic heterocycles. The normalized spacial score (nSPS) is 15.2. The lowest BCUT2D eigenvalue weighted by molar-refractivity contribution is 0.0696. The average Bonchev–Trinajstić information content (AvgIpc) is 3.11. The second-order valence-corrected chi connectivity index (χ2v) is 4.09. The Morgan fingerprint density at radius 3 is 2.88 bits per heavy atom. The van der Waals surface area contributed by atoms with Crippen LogP contribution < -0.4 is 0 Å². The first-order valence-corrected chi connectivity index (χ1v) is 5.24. The second-order valence-electron chi connectivity index (χ2n) is 4.09. The molecule has 0 unspecified atom stereocenters. The van der Waals surface area contributed by atoms with Crippen LogP contribution in [0.1, 0.15) is 34.8 Å². The zero-order chi connectivity index (χ0) is 11.1. The van der Waals surface area contributed by atoms with Crippen molar-refractivity contribution < 1.29 is 9.90 Å². The van der Waals surface area contributed by atoms with E-state index in [2.05, 4.69) is 9.97 Å². The van der Waals surface area contributed by atoms with Gasteiger partial charge in [-0.15, -0.1) is 0 Å². The molecule has 0 spiro atoms. The molecule has 4 nitrogen and oxygen atoms in total. The summed E-state index contributed by atoms with van der Waals surface area (Å²) >= 11 is 0. The maximum absolute atomic E-state index is 10.8. The van der Waals surface area contributed by atoms with Crippen LogP contribution in [0.15, 0.2) is 24.4 Å². The Hall–Kier alpha value is -1.97. The third kappa shape index (κ3) is 1.52. The van der Waals surface area contributed by atoms with E-state index in [1.165, 1.54) is 19.0 Å². The molecule has 1 saturated carbocycles. The molecule has 0 aromatic carbocycles. The van der Waals surface area contributed by atoms with Crippen molar-refractivity contribution in [3.63, 3.8) is 0 Å². The van der Waals surface area contributed by atoms with E-state index in [0.29, 0.717) is 11.6 Å². The smallest absolute Gasteiger partial charge is 0.337 e. The van der Waals surface area contributed by atoms with Crippen LogP contribution in [0.25, 0.3) is 11.0 Å². The number of carbonyl (C=O) groups is 1. The van der Waals surface area contributed by atoms with Gasteiger partial charge < -0.3 is 5.11 Å². The Labute approximate surface area is 92.0 Å². The highest BCUT2D eigenvalue weighted by Crippen LogP contribution is 2.39. The summed E-state index contributed by atoms with van der Waals surface area (Å²) in [5.41, 5.74) is 1.91. The number of hydrogen-bond acceptors (Lipinski definition) is 3. The summed E-state index contributed by atoms with van der Waals surface area (Å²) in [7, 11) is 0. The Morgan fingerprint density at radius 1 is 1.38 bits per heavy atom. The van der Waals surface area contributed by atoms with Gasteiger partial charge in [-0.25, -0.2) is 14.8 Å². The van der Waals surface area contributed by atoms with E-state index in [9.17, 15) is 4.79 Å². The lowest BCUT2D eigenvalue weighted by Gasteiger charge is -2.01. The molecule has 0 bridgehead atoms. The first-order valence-electron chi connectivity index (χ1n) is 5.24. The fraction of sp³-hybridized carbons (Fsp3) is 0.250. The van der Waals surface area contributed by atoms with Crippen LogP contribution in [0.3, 0.4) is 0 Å². The fourth-order valence-electron chi connectivity index (χ4n) is 1.75. The first-order chi connectivity index (χ1) is 7.74. The molecule has 1 fully saturated rings. The number of aromatic carboxylic acids is 1. The number of carboxylic acids is 1. The Balaban J connectivity index is 2.12. The summed E-state index contributed by atoms with van der Waals surface area (Å²) < 4.78 is 0. The minimum absolute atomic E-state index is 0.202. The molecule has 0 atom stereocenters. The Morgan fingerprint density at radius 2 is 2.19 bits per heavy atom. The average molecular weight is 214 g/mol. The van der Waals surface area contributed by atoms with E-state index in [4.69, 9.17) is 5.11 Å². The maximum atomic E-state index is 10.8. The van der Waals surface area contributed by atoms with Gasteiger partial charge in [0.2, 0.25) is 0 Å². The molecule has 0 aliphatic heterocycles. The number of carboxylic acid groups (broad SMARTS) is 1. The van der Waals surface area contributed by atoms with Crippen LogP contribution in [-0.4, -0.2) is 21.0 Å². The minimum Gasteiger partial charge on any atom is -0.478 e. The van der Waals surface area contributed by atoms with Crippen LogP contribution in [0.4, 0.5) is 0 Å². The van der Waals surface area contributed by atoms with Gasteiger partial charge in [-0.05, 0) is 31.0 Å². The van der Waals surface area contributed by atoms with Crippen LogP contribution in [-0.2, 0) is 0 Å². The molecule has 1 aliphatic rings. The Kier molecular flexibility index (Phi) is 1.89. The standard InChI is InChI=1S/C12H10N2O2/c15-12(16)9-5-8-3-4-10(7-1-2-7)14-11(8)13-6-9/h3-7H,1-2H2,(H,15,16). The van der Waals surface area contributed by atoms with Gasteiger partial charge in [0.15, 0.2) is 5.65 Å². The molecule has 0 radical (unpaired) electrons. The highest BCUT2D eigenvalue weighted by molar-refractivity contribution is 5.91. The highest BCUT2D eigenvalue weighted by Gasteiger charge is 2.25. The zero-order valence-electron chi connectivity index (χ0n) is 8.55. The van der Waals surface area contributed by atoms with Crippen molar-refractivity contribution in [3.8, 4) is 0 Å². The summed E-state index contributed by atoms with van der Waals surface area (Å²) in [4.78, 5) is 19.3. The van der Waals surface area contributed by atoms with E-state index in [-0.39, 0.29) is 5.56 Å². The van der Waals surface area contributed by atoms with Crippen molar-refractivity contribution >= 4 is 17.0 Å². The van der Waals surface area contributed by atoms with E-state index >= 15 is 0 Å². The number of nitrogens with zero attached hydrogens (tertiary/aromatic N) is 2. The molecule has 1 aliphatic carbocycles. The number of pyridine rings is 2. The van der Waals surface area contributed by atoms with Gasteiger partial charge >= 0.3 is 5.97 Å². The molecule has 2 aromatic rings. The molecule has 2 heterocycles. The van der Waals surface area contributed by atoms with Gasteiger partial charge in [0.05, 0.1) is 5.56 Å². The Bertz CT molecular complexity index is 576. The summed E-state index contributed by atoms with van der Waals surface area (Å²) in [5.74, 6) is -0.369. The quantitative estimate of drug-likeness (QED) is 0.832. The third-order valence-corrected chi connectivity index (χ3v) is 2.81. The van der Waals surface area contributed by atoms with Crippen molar-refractivity contribution in [2.45, 2.75) is 18.8 Å². The molecular formula is C12H10N2O2. The number of aromatic nitrogens is 2. The van der Waals surface area contributed by atoms with Gasteiger partial charge in [-0.3, -0.25) is 0 Å². The predicted octanol–water partition coefficient (Wildman–Crippen LogP) is 2.21. The first kappa shape index (κ1) is 9.27. The van der Waals surface area contributed by atoms with Crippen LogP contribution >= 0.6 is 0 Å². The number of fused-ring (bicyclic) bond motifs is 1. The number of hydrogen-bond donors (Lipinski definition) is 1. The van der Waals surface area contributed by atoms with Gasteiger partial charge in [0, 0.05) is 23.2 Å². The predicted molar refractivity (Wildman–Crippen MR) is 58.5 cm³/mol. The topological polar surface area (TPSA) is 63.1 Å². The van der Waals surface area contributed by atoms with Crippen LogP contribution in [0.2, 0.25) is 0 Å². The summed E-state index contributed by atoms with van der Waals surface area (Å²) in [6, 6.07) is 5.47. The van der Waals surface area contributed by atoms with Crippen molar-refractivity contribution in [2.24, 2.45) is 0 Å². The zero-order valence-corrected chi connectivity index (χ0v) is 8.55. The molecule has 4 heteroatoms. The summed E-state index contributed by atoms with van der Waals surface area (Å²) in [6.45, 7) is 0. The van der Waals surface area contributed by atoms with Gasteiger partial charge in [0.25, 0.3) is 0 Å².